The molecule has 0 fully saturated rings. The summed E-state index contributed by atoms with van der Waals surface area (Å²) in [5.74, 6) is -0.912. The van der Waals surface area contributed by atoms with Crippen LogP contribution >= 0.6 is 0 Å². The van der Waals surface area contributed by atoms with Crippen LogP contribution in [0.25, 0.3) is 0 Å². The Hall–Kier alpha value is 0.326. The Kier molecular flexibility index (Phi) is 4.39. The first-order chi connectivity index (χ1) is 4.22. The molecule has 0 aromatic heterocycles. The molecule has 0 saturated carbocycles. The molecule has 0 aromatic carbocycles. The third kappa shape index (κ3) is 2.18. The molecule has 47 valence electrons. The van der Waals surface area contributed by atoms with Crippen LogP contribution in [0.15, 0.2) is 36.0 Å². The van der Waals surface area contributed by atoms with Gasteiger partial charge in [0, 0.05) is 51.4 Å². The maximum atomic E-state index is 10.2. The van der Waals surface area contributed by atoms with Crippen LogP contribution < -0.4 is 0 Å². The molecule has 1 radical (unpaired) electrons. The molecule has 2 nitrogen and oxygen atoms in total. The van der Waals surface area contributed by atoms with Crippen LogP contribution in [0.2, 0.25) is 0 Å². The molecule has 0 atom stereocenters. The number of aliphatic carboxylic acids is 1. The molecule has 0 aromatic rings. The second-order valence-electron chi connectivity index (χ2n) is 1.77. The Labute approximate surface area is 102 Å². The third-order valence-corrected chi connectivity index (χ3v) is 1.14. The summed E-state index contributed by atoms with van der Waals surface area (Å²) in [6.45, 7) is 3.52. The second-order valence-corrected chi connectivity index (χ2v) is 1.77. The zero-order valence-corrected chi connectivity index (χ0v) is 8.92. The molecule has 0 spiro atoms. The fraction of sp³-hybridized carbons (Fsp3) is 0. The minimum atomic E-state index is -0.912. The fourth-order valence-corrected chi connectivity index (χ4v) is 0.666. The van der Waals surface area contributed by atoms with Gasteiger partial charge in [0.25, 0.3) is 0 Å². The molecule has 0 saturated heterocycles. The van der Waals surface area contributed by atoms with Gasteiger partial charge < -0.3 is 5.11 Å². The van der Waals surface area contributed by atoms with Gasteiger partial charge in [0.05, 0.1) is 5.57 Å². The van der Waals surface area contributed by atoms with Crippen molar-refractivity contribution in [1.82, 2.24) is 0 Å². The van der Waals surface area contributed by atoms with Crippen molar-refractivity contribution in [1.29, 1.82) is 0 Å². The molecule has 1 aliphatic carbocycles. The molecule has 1 N–H and O–H groups in total. The van der Waals surface area contributed by atoms with E-state index in [2.05, 4.69) is 6.58 Å². The zero-order valence-electron chi connectivity index (χ0n) is 5.79. The maximum absolute atomic E-state index is 10.2. The van der Waals surface area contributed by atoms with Crippen LogP contribution in [0.1, 0.15) is 0 Å². The van der Waals surface area contributed by atoms with E-state index in [1.165, 1.54) is 6.08 Å². The Balaban J connectivity index is 0.000000810. The van der Waals surface area contributed by atoms with Gasteiger partial charge in [-0.05, 0) is 11.6 Å². The zero-order chi connectivity index (χ0) is 6.85. The van der Waals surface area contributed by atoms with Crippen molar-refractivity contribution in [3.63, 3.8) is 0 Å². The Morgan fingerprint density at radius 3 is 2.40 bits per heavy atom. The number of rotatable bonds is 1. The monoisotopic (exact) mass is 161 g/mol. The van der Waals surface area contributed by atoms with E-state index in [4.69, 9.17) is 5.11 Å². The molecule has 0 bridgehead atoms. The molecule has 1 rings (SSSR count). The van der Waals surface area contributed by atoms with Gasteiger partial charge in [-0.3, -0.25) is 0 Å². The SMILES string of the molecule is C=C1C=CC=C1C(=O)O.[K]. The minimum absolute atomic E-state index is 0. The van der Waals surface area contributed by atoms with E-state index in [1.54, 1.807) is 12.2 Å². The third-order valence-electron chi connectivity index (χ3n) is 1.14. The molecule has 3 heteroatoms. The van der Waals surface area contributed by atoms with Crippen molar-refractivity contribution in [2.24, 2.45) is 0 Å². The number of carbonyl (C=O) groups is 1. The summed E-state index contributed by atoms with van der Waals surface area (Å²) >= 11 is 0. The summed E-state index contributed by atoms with van der Waals surface area (Å²) in [6.07, 6.45) is 4.87. The van der Waals surface area contributed by atoms with Crippen LogP contribution in [0.4, 0.5) is 0 Å². The average molecular weight is 161 g/mol. The van der Waals surface area contributed by atoms with E-state index in [0.29, 0.717) is 5.57 Å². The molecule has 10 heavy (non-hydrogen) atoms. The van der Waals surface area contributed by atoms with Gasteiger partial charge >= 0.3 is 5.97 Å². The van der Waals surface area contributed by atoms with Gasteiger partial charge in [0.1, 0.15) is 0 Å². The Morgan fingerprint density at radius 1 is 1.60 bits per heavy atom. The molecule has 0 unspecified atom stereocenters. The summed E-state index contributed by atoms with van der Waals surface area (Å²) in [6, 6.07) is 0. The molecule has 1 aliphatic rings. The van der Waals surface area contributed by atoms with Crippen LogP contribution in [0.5, 0.6) is 0 Å². The first kappa shape index (κ1) is 10.3. The summed E-state index contributed by atoms with van der Waals surface area (Å²) in [5.41, 5.74) is 0.859. The van der Waals surface area contributed by atoms with Crippen LogP contribution in [-0.2, 0) is 4.79 Å². The van der Waals surface area contributed by atoms with Crippen LogP contribution in [0.3, 0.4) is 0 Å². The summed E-state index contributed by atoms with van der Waals surface area (Å²) in [5, 5.41) is 8.41. The van der Waals surface area contributed by atoms with Crippen LogP contribution in [0, 0.1) is 0 Å². The van der Waals surface area contributed by atoms with E-state index in [-0.39, 0.29) is 57.0 Å². The quantitative estimate of drug-likeness (QED) is 0.576. The van der Waals surface area contributed by atoms with Gasteiger partial charge in [0.15, 0.2) is 0 Å². The fourth-order valence-electron chi connectivity index (χ4n) is 0.666. The normalized spacial score (nSPS) is 14.4. The van der Waals surface area contributed by atoms with Crippen molar-refractivity contribution in [3.05, 3.63) is 36.0 Å². The van der Waals surface area contributed by atoms with Gasteiger partial charge in [-0.1, -0.05) is 18.7 Å². The second kappa shape index (κ2) is 4.26. The predicted molar refractivity (Wildman–Crippen MR) is 39.8 cm³/mol. The first-order valence-corrected chi connectivity index (χ1v) is 2.53. The number of hydrogen-bond acceptors (Lipinski definition) is 1. The number of carboxylic acid groups (broad SMARTS) is 1. The molecule has 0 amide bonds. The molecule has 0 heterocycles. The van der Waals surface area contributed by atoms with Crippen LogP contribution in [-0.4, -0.2) is 62.5 Å². The molecule has 0 aliphatic heterocycles. The summed E-state index contributed by atoms with van der Waals surface area (Å²) < 4.78 is 0. The first-order valence-electron chi connectivity index (χ1n) is 2.53. The van der Waals surface area contributed by atoms with E-state index >= 15 is 0 Å². The predicted octanol–water partition coefficient (Wildman–Crippen LogP) is 0.743. The van der Waals surface area contributed by atoms with Crippen molar-refractivity contribution in [2.75, 3.05) is 0 Å². The van der Waals surface area contributed by atoms with Gasteiger partial charge in [-0.15, -0.1) is 0 Å². The number of allylic oxidation sites excluding steroid dienone is 3. The van der Waals surface area contributed by atoms with Crippen molar-refractivity contribution in [3.8, 4) is 0 Å². The number of carboxylic acids is 1. The Bertz CT molecular complexity index is 226. The standard InChI is InChI=1S/C7H6O2.K/c1-5-3-2-4-6(5)7(8)9;/h2-4H,1H2,(H,8,9);. The smallest absolute Gasteiger partial charge is 0.336 e. The van der Waals surface area contributed by atoms with E-state index in [1.807, 2.05) is 0 Å². The molecular weight excluding hydrogens is 155 g/mol. The van der Waals surface area contributed by atoms with Crippen molar-refractivity contribution < 1.29 is 9.90 Å². The largest absolute Gasteiger partial charge is 0.478 e. The van der Waals surface area contributed by atoms with Gasteiger partial charge in [-0.2, -0.15) is 0 Å². The maximum Gasteiger partial charge on any atom is 0.336 e. The van der Waals surface area contributed by atoms with E-state index in [0.717, 1.165) is 0 Å². The Morgan fingerprint density at radius 2 is 2.20 bits per heavy atom. The van der Waals surface area contributed by atoms with E-state index in [9.17, 15) is 4.79 Å². The average Bonchev–Trinajstić information content (AvgIpc) is 2.13. The van der Waals surface area contributed by atoms with Gasteiger partial charge in [-0.25, -0.2) is 4.79 Å². The number of hydrogen-bond donors (Lipinski definition) is 1. The minimum Gasteiger partial charge on any atom is -0.478 e. The van der Waals surface area contributed by atoms with Gasteiger partial charge in [0.2, 0.25) is 0 Å². The van der Waals surface area contributed by atoms with E-state index < -0.39 is 5.97 Å². The topological polar surface area (TPSA) is 37.3 Å². The van der Waals surface area contributed by atoms with Crippen molar-refractivity contribution >= 4 is 57.4 Å². The summed E-state index contributed by atoms with van der Waals surface area (Å²) in [7, 11) is 0. The van der Waals surface area contributed by atoms with Crippen molar-refractivity contribution in [2.45, 2.75) is 0 Å². The molecular formula is C7H6KO2. The summed E-state index contributed by atoms with van der Waals surface area (Å²) in [4.78, 5) is 10.2.